The third kappa shape index (κ3) is 10.4. The molecule has 0 aromatic heterocycles. The quantitative estimate of drug-likeness (QED) is 0.0882. The molecule has 0 aliphatic heterocycles. The van der Waals surface area contributed by atoms with Gasteiger partial charge in [0.2, 0.25) is 17.7 Å². The highest BCUT2D eigenvalue weighted by Gasteiger charge is 2.32. The predicted molar refractivity (Wildman–Crippen MR) is 121 cm³/mol. The number of hydrogen-bond acceptors (Lipinski definition) is 6. The van der Waals surface area contributed by atoms with Crippen LogP contribution in [0.4, 0.5) is 0 Å². The van der Waals surface area contributed by atoms with E-state index in [9.17, 15) is 24.3 Å². The molecule has 0 aliphatic rings. The van der Waals surface area contributed by atoms with Crippen molar-refractivity contribution in [1.29, 1.82) is 0 Å². The molecule has 5 atom stereocenters. The first kappa shape index (κ1) is 29.1. The summed E-state index contributed by atoms with van der Waals surface area (Å²) in [4.78, 5) is 53.1. The average molecular weight is 458 g/mol. The van der Waals surface area contributed by atoms with Crippen LogP contribution in [0.25, 0.3) is 0 Å². The lowest BCUT2D eigenvalue weighted by molar-refractivity contribution is -0.144. The molecule has 0 rings (SSSR count). The number of carboxylic acid groups (broad SMARTS) is 1. The van der Waals surface area contributed by atoms with Crippen molar-refractivity contribution < 1.29 is 24.3 Å². The molecule has 0 aromatic rings. The van der Waals surface area contributed by atoms with Crippen LogP contribution in [0.15, 0.2) is 4.99 Å². The van der Waals surface area contributed by atoms with E-state index in [1.807, 2.05) is 13.8 Å². The molecule has 0 saturated heterocycles. The van der Waals surface area contributed by atoms with E-state index in [4.69, 9.17) is 17.2 Å². The van der Waals surface area contributed by atoms with Crippen LogP contribution in [0.3, 0.4) is 0 Å². The number of guanidine groups is 1. The van der Waals surface area contributed by atoms with Crippen LogP contribution in [-0.4, -0.2) is 66.0 Å². The number of hydrogen-bond donors (Lipinski definition) is 7. The molecule has 0 saturated carbocycles. The van der Waals surface area contributed by atoms with E-state index in [1.165, 1.54) is 0 Å². The number of nitrogens with two attached hydrogens (primary N) is 3. The van der Waals surface area contributed by atoms with Crippen molar-refractivity contribution in [2.24, 2.45) is 34.0 Å². The highest BCUT2D eigenvalue weighted by atomic mass is 16.4. The molecule has 0 bridgehead atoms. The number of rotatable bonds is 15. The van der Waals surface area contributed by atoms with E-state index in [0.717, 1.165) is 0 Å². The third-order valence-corrected chi connectivity index (χ3v) is 5.35. The van der Waals surface area contributed by atoms with Gasteiger partial charge in [0.15, 0.2) is 5.96 Å². The van der Waals surface area contributed by atoms with Crippen LogP contribution in [0.5, 0.6) is 0 Å². The molecule has 0 fully saturated rings. The molecule has 0 heterocycles. The Morgan fingerprint density at radius 1 is 0.906 bits per heavy atom. The zero-order chi connectivity index (χ0) is 24.8. The molecule has 32 heavy (non-hydrogen) atoms. The van der Waals surface area contributed by atoms with Crippen molar-refractivity contribution in [3.8, 4) is 0 Å². The van der Waals surface area contributed by atoms with E-state index >= 15 is 0 Å². The average Bonchev–Trinajstić information content (AvgIpc) is 2.75. The lowest BCUT2D eigenvalue weighted by atomic mass is 9.96. The van der Waals surface area contributed by atoms with Crippen LogP contribution < -0.4 is 33.2 Å². The minimum Gasteiger partial charge on any atom is -0.480 e. The fourth-order valence-corrected chi connectivity index (χ4v) is 2.91. The normalized spacial score (nSPS) is 15.4. The second-order valence-electron chi connectivity index (χ2n) is 7.85. The minimum atomic E-state index is -1.16. The fraction of sp³-hybridized carbons (Fsp3) is 0.750. The molecule has 184 valence electrons. The molecule has 0 aromatic carbocycles. The molecule has 0 aliphatic carbocycles. The molecule has 3 amide bonds. The Morgan fingerprint density at radius 2 is 1.47 bits per heavy atom. The largest absolute Gasteiger partial charge is 0.480 e. The first-order chi connectivity index (χ1) is 15.0. The van der Waals surface area contributed by atoms with Crippen LogP contribution in [0.2, 0.25) is 0 Å². The van der Waals surface area contributed by atoms with Gasteiger partial charge in [-0.25, -0.2) is 4.79 Å². The Hall–Kier alpha value is -2.89. The lowest BCUT2D eigenvalue weighted by Crippen LogP contribution is -2.58. The number of aliphatic carboxylic acids is 1. The standard InChI is InChI=1S/C20H39N7O5/c1-5-11(3)15(26-14(28)10-21)18(30)25-13(8-7-9-24-20(22)23)17(29)27-16(19(31)32)12(4)6-2/h11-13,15-16H,5-10,21H2,1-4H3,(H,25,30)(H,26,28)(H,27,29)(H,31,32)(H4,22,23,24). The summed E-state index contributed by atoms with van der Waals surface area (Å²) in [6.07, 6.45) is 1.67. The van der Waals surface area contributed by atoms with Crippen molar-refractivity contribution in [3.63, 3.8) is 0 Å². The summed E-state index contributed by atoms with van der Waals surface area (Å²) >= 11 is 0. The van der Waals surface area contributed by atoms with Crippen molar-refractivity contribution in [1.82, 2.24) is 16.0 Å². The van der Waals surface area contributed by atoms with Gasteiger partial charge in [0, 0.05) is 6.54 Å². The Labute approximate surface area is 189 Å². The number of aliphatic imine (C=N–C) groups is 1. The summed E-state index contributed by atoms with van der Waals surface area (Å²) in [5, 5.41) is 17.2. The first-order valence-electron chi connectivity index (χ1n) is 10.9. The number of nitrogens with one attached hydrogen (secondary N) is 3. The SMILES string of the molecule is CCC(C)C(NC(=O)C(CCCN=C(N)N)NC(=O)C(NC(=O)CN)C(C)CC)C(=O)O. The highest BCUT2D eigenvalue weighted by molar-refractivity contribution is 5.93. The van der Waals surface area contributed by atoms with Gasteiger partial charge in [0.05, 0.1) is 6.54 Å². The fourth-order valence-electron chi connectivity index (χ4n) is 2.91. The Kier molecular flexibility index (Phi) is 13.6. The van der Waals surface area contributed by atoms with Gasteiger partial charge in [-0.15, -0.1) is 0 Å². The van der Waals surface area contributed by atoms with Gasteiger partial charge in [0.25, 0.3) is 0 Å². The van der Waals surface area contributed by atoms with Gasteiger partial charge in [-0.05, 0) is 24.7 Å². The van der Waals surface area contributed by atoms with Crippen molar-refractivity contribution in [2.45, 2.75) is 71.5 Å². The summed E-state index contributed by atoms with van der Waals surface area (Å²) in [6, 6.07) is -3.04. The summed E-state index contributed by atoms with van der Waals surface area (Å²) < 4.78 is 0. The van der Waals surface area contributed by atoms with Crippen LogP contribution >= 0.6 is 0 Å². The van der Waals surface area contributed by atoms with Gasteiger partial charge in [0.1, 0.15) is 18.1 Å². The Balaban J connectivity index is 5.58. The van der Waals surface area contributed by atoms with E-state index in [1.54, 1.807) is 13.8 Å². The maximum atomic E-state index is 12.9. The van der Waals surface area contributed by atoms with Gasteiger partial charge in [-0.3, -0.25) is 19.4 Å². The van der Waals surface area contributed by atoms with E-state index in [0.29, 0.717) is 19.3 Å². The highest BCUT2D eigenvalue weighted by Crippen LogP contribution is 2.11. The topological polar surface area (TPSA) is 215 Å². The third-order valence-electron chi connectivity index (χ3n) is 5.35. The van der Waals surface area contributed by atoms with Gasteiger partial charge in [-0.2, -0.15) is 0 Å². The summed E-state index contributed by atoms with van der Waals surface area (Å²) in [7, 11) is 0. The minimum absolute atomic E-state index is 0.0981. The molecular weight excluding hydrogens is 418 g/mol. The zero-order valence-corrected chi connectivity index (χ0v) is 19.4. The molecule has 5 unspecified atom stereocenters. The van der Waals surface area contributed by atoms with E-state index < -0.39 is 41.8 Å². The molecule has 12 heteroatoms. The lowest BCUT2D eigenvalue weighted by Gasteiger charge is -2.28. The number of carbonyl (C=O) groups is 4. The van der Waals surface area contributed by atoms with Crippen LogP contribution in [-0.2, 0) is 19.2 Å². The predicted octanol–water partition coefficient (Wildman–Crippen LogP) is -1.37. The maximum absolute atomic E-state index is 12.9. The second kappa shape index (κ2) is 15.0. The Bertz CT molecular complexity index is 667. The molecular formula is C20H39N7O5. The molecule has 0 radical (unpaired) electrons. The molecule has 10 N–H and O–H groups in total. The number of amides is 3. The monoisotopic (exact) mass is 457 g/mol. The van der Waals surface area contributed by atoms with Crippen molar-refractivity contribution in [3.05, 3.63) is 0 Å². The first-order valence-corrected chi connectivity index (χ1v) is 10.9. The molecule has 12 nitrogen and oxygen atoms in total. The van der Waals surface area contributed by atoms with Crippen LogP contribution in [0.1, 0.15) is 53.4 Å². The smallest absolute Gasteiger partial charge is 0.326 e. The van der Waals surface area contributed by atoms with E-state index in [2.05, 4.69) is 20.9 Å². The van der Waals surface area contributed by atoms with Crippen LogP contribution in [0, 0.1) is 11.8 Å². The van der Waals surface area contributed by atoms with Gasteiger partial charge < -0.3 is 38.3 Å². The molecule has 0 spiro atoms. The number of nitrogens with zero attached hydrogens (tertiary/aromatic N) is 1. The van der Waals surface area contributed by atoms with Crippen molar-refractivity contribution >= 4 is 29.7 Å². The maximum Gasteiger partial charge on any atom is 0.326 e. The van der Waals surface area contributed by atoms with Gasteiger partial charge >= 0.3 is 5.97 Å². The van der Waals surface area contributed by atoms with E-state index in [-0.39, 0.29) is 37.3 Å². The Morgan fingerprint density at radius 3 is 1.94 bits per heavy atom. The summed E-state index contributed by atoms with van der Waals surface area (Å²) in [5.41, 5.74) is 16.0. The van der Waals surface area contributed by atoms with Crippen molar-refractivity contribution in [2.75, 3.05) is 13.1 Å². The number of carboxylic acids is 1. The summed E-state index contributed by atoms with van der Waals surface area (Å²) in [6.45, 7) is 7.14. The zero-order valence-electron chi connectivity index (χ0n) is 19.4. The summed E-state index contributed by atoms with van der Waals surface area (Å²) in [5.74, 6) is -3.48. The number of carbonyl (C=O) groups excluding carboxylic acids is 3. The second-order valence-corrected chi connectivity index (χ2v) is 7.85. The van der Waals surface area contributed by atoms with Gasteiger partial charge in [-0.1, -0.05) is 40.5 Å².